The molecule has 1 aliphatic carbocycles. The van der Waals surface area contributed by atoms with Gasteiger partial charge in [0.25, 0.3) is 0 Å². The summed E-state index contributed by atoms with van der Waals surface area (Å²) < 4.78 is 0. The van der Waals surface area contributed by atoms with E-state index in [0.717, 1.165) is 0 Å². The van der Waals surface area contributed by atoms with E-state index < -0.39 is 0 Å². The minimum atomic E-state index is 0.510. The van der Waals surface area contributed by atoms with Crippen molar-refractivity contribution >= 4 is 17.3 Å². The second kappa shape index (κ2) is 4.24. The van der Waals surface area contributed by atoms with E-state index >= 15 is 0 Å². The highest BCUT2D eigenvalue weighted by atomic mass is 32.1. The second-order valence-corrected chi connectivity index (χ2v) is 4.96. The molecule has 13 heavy (non-hydrogen) atoms. The highest BCUT2D eigenvalue weighted by Gasteiger charge is 2.26. The Morgan fingerprint density at radius 3 is 2.38 bits per heavy atom. The Kier molecular flexibility index (Phi) is 3.50. The van der Waals surface area contributed by atoms with Gasteiger partial charge in [0.1, 0.15) is 0 Å². The first-order valence-corrected chi connectivity index (χ1v) is 5.21. The lowest BCUT2D eigenvalue weighted by molar-refractivity contribution is 0.217. The lowest BCUT2D eigenvalue weighted by Gasteiger charge is -2.34. The third-order valence-electron chi connectivity index (χ3n) is 2.81. The van der Waals surface area contributed by atoms with E-state index in [4.69, 9.17) is 18.1 Å². The Morgan fingerprint density at radius 2 is 1.92 bits per heavy atom. The highest BCUT2D eigenvalue weighted by Crippen LogP contribution is 2.34. The number of nitrogens with two attached hydrogens (primary N) is 1. The summed E-state index contributed by atoms with van der Waals surface area (Å²) in [6, 6.07) is 0.511. The van der Waals surface area contributed by atoms with E-state index in [2.05, 4.69) is 24.6 Å². The molecule has 76 valence electrons. The van der Waals surface area contributed by atoms with Crippen LogP contribution in [0.4, 0.5) is 0 Å². The van der Waals surface area contributed by atoms with Gasteiger partial charge in [-0.2, -0.15) is 0 Å². The predicted octanol–water partition coefficient (Wildman–Crippen LogP) is 1.29. The number of hydrogen-bond acceptors (Lipinski definition) is 2. The van der Waals surface area contributed by atoms with Gasteiger partial charge < -0.3 is 10.7 Å². The van der Waals surface area contributed by atoms with Gasteiger partial charge in [0.05, 0.1) is 0 Å². The molecule has 0 spiro atoms. The standard InChI is InChI=1S/C9H19N3S/c1-9(2)5-3-7(4-6-9)11-8(13)12-10/h7H,3-6,10H2,1-2H3,(H2,11,12,13). The van der Waals surface area contributed by atoms with E-state index in [1.807, 2.05) is 0 Å². The number of thiocarbonyl (C=S) groups is 1. The molecule has 0 atom stereocenters. The zero-order chi connectivity index (χ0) is 9.90. The van der Waals surface area contributed by atoms with Crippen LogP contribution >= 0.6 is 12.2 Å². The largest absolute Gasteiger partial charge is 0.359 e. The summed E-state index contributed by atoms with van der Waals surface area (Å²) in [5.74, 6) is 5.19. The van der Waals surface area contributed by atoms with Crippen molar-refractivity contribution in [3.8, 4) is 0 Å². The summed E-state index contributed by atoms with van der Waals surface area (Å²) in [6.45, 7) is 4.64. The normalized spacial score (nSPS) is 22.4. The summed E-state index contributed by atoms with van der Waals surface area (Å²) in [5, 5.41) is 3.76. The topological polar surface area (TPSA) is 50.1 Å². The molecule has 0 aromatic heterocycles. The van der Waals surface area contributed by atoms with Crippen LogP contribution in [0.5, 0.6) is 0 Å². The second-order valence-electron chi connectivity index (χ2n) is 4.56. The van der Waals surface area contributed by atoms with Crippen molar-refractivity contribution in [1.82, 2.24) is 10.7 Å². The van der Waals surface area contributed by atoms with Crippen molar-refractivity contribution in [1.29, 1.82) is 0 Å². The lowest BCUT2D eigenvalue weighted by Crippen LogP contribution is -2.46. The van der Waals surface area contributed by atoms with E-state index in [1.165, 1.54) is 25.7 Å². The van der Waals surface area contributed by atoms with Crippen molar-refractivity contribution in [3.05, 3.63) is 0 Å². The molecule has 4 heteroatoms. The molecule has 1 rings (SSSR count). The van der Waals surface area contributed by atoms with Gasteiger partial charge >= 0.3 is 0 Å². The minimum Gasteiger partial charge on any atom is -0.359 e. The molecule has 4 N–H and O–H groups in total. The van der Waals surface area contributed by atoms with Gasteiger partial charge in [0.15, 0.2) is 5.11 Å². The molecular formula is C9H19N3S. The summed E-state index contributed by atoms with van der Waals surface area (Å²) in [6.07, 6.45) is 4.90. The molecule has 3 nitrogen and oxygen atoms in total. The van der Waals surface area contributed by atoms with Crippen molar-refractivity contribution in [2.75, 3.05) is 0 Å². The van der Waals surface area contributed by atoms with Crippen molar-refractivity contribution in [2.45, 2.75) is 45.6 Å². The molecule has 1 saturated carbocycles. The van der Waals surface area contributed by atoms with Crippen LogP contribution in [-0.4, -0.2) is 11.2 Å². The van der Waals surface area contributed by atoms with Crippen molar-refractivity contribution in [2.24, 2.45) is 11.3 Å². The SMILES string of the molecule is CC1(C)CCC(NC(=S)NN)CC1. The van der Waals surface area contributed by atoms with E-state index in [9.17, 15) is 0 Å². The highest BCUT2D eigenvalue weighted by molar-refractivity contribution is 7.80. The molecule has 1 fully saturated rings. The van der Waals surface area contributed by atoms with Crippen LogP contribution in [0.1, 0.15) is 39.5 Å². The van der Waals surface area contributed by atoms with Crippen LogP contribution in [0, 0.1) is 5.41 Å². The lowest BCUT2D eigenvalue weighted by atomic mass is 9.76. The molecule has 0 aromatic rings. The third kappa shape index (κ3) is 3.48. The van der Waals surface area contributed by atoms with Gasteiger partial charge in [0, 0.05) is 6.04 Å². The maximum Gasteiger partial charge on any atom is 0.180 e. The van der Waals surface area contributed by atoms with Gasteiger partial charge in [-0.25, -0.2) is 5.84 Å². The first-order valence-electron chi connectivity index (χ1n) is 4.81. The molecule has 1 aliphatic rings. The number of hydrogen-bond donors (Lipinski definition) is 3. The molecule has 0 saturated heterocycles. The Labute approximate surface area is 85.4 Å². The predicted molar refractivity (Wildman–Crippen MR) is 59.1 cm³/mol. The number of nitrogens with one attached hydrogen (secondary N) is 2. The molecular weight excluding hydrogens is 182 g/mol. The van der Waals surface area contributed by atoms with Crippen LogP contribution in [0.15, 0.2) is 0 Å². The molecule has 0 bridgehead atoms. The van der Waals surface area contributed by atoms with Crippen LogP contribution in [0.25, 0.3) is 0 Å². The first kappa shape index (κ1) is 10.7. The Balaban J connectivity index is 2.29. The quantitative estimate of drug-likeness (QED) is 0.340. The monoisotopic (exact) mass is 201 g/mol. The van der Waals surface area contributed by atoms with Crippen LogP contribution in [0.3, 0.4) is 0 Å². The summed E-state index contributed by atoms with van der Waals surface area (Å²) in [4.78, 5) is 0. The Hall–Kier alpha value is -0.350. The molecule has 0 radical (unpaired) electrons. The minimum absolute atomic E-state index is 0.510. The van der Waals surface area contributed by atoms with Gasteiger partial charge in [-0.3, -0.25) is 0 Å². The number of rotatable bonds is 1. The third-order valence-corrected chi connectivity index (χ3v) is 3.04. The van der Waals surface area contributed by atoms with E-state index in [1.54, 1.807) is 0 Å². The fraction of sp³-hybridized carbons (Fsp3) is 0.889. The van der Waals surface area contributed by atoms with Crippen LogP contribution in [-0.2, 0) is 0 Å². The summed E-state index contributed by atoms with van der Waals surface area (Å²) >= 11 is 4.95. The summed E-state index contributed by atoms with van der Waals surface area (Å²) in [5.41, 5.74) is 2.96. The van der Waals surface area contributed by atoms with Crippen LogP contribution < -0.4 is 16.6 Å². The van der Waals surface area contributed by atoms with Gasteiger partial charge in [-0.05, 0) is 43.3 Å². The molecule has 0 heterocycles. The van der Waals surface area contributed by atoms with Crippen molar-refractivity contribution < 1.29 is 0 Å². The zero-order valence-electron chi connectivity index (χ0n) is 8.39. The fourth-order valence-corrected chi connectivity index (χ4v) is 1.94. The van der Waals surface area contributed by atoms with Crippen LogP contribution in [0.2, 0.25) is 0 Å². The zero-order valence-corrected chi connectivity index (χ0v) is 9.21. The maximum atomic E-state index is 5.19. The van der Waals surface area contributed by atoms with Gasteiger partial charge in [-0.1, -0.05) is 13.8 Å². The molecule has 0 aliphatic heterocycles. The Morgan fingerprint density at radius 1 is 1.38 bits per heavy atom. The van der Waals surface area contributed by atoms with Crippen molar-refractivity contribution in [3.63, 3.8) is 0 Å². The van der Waals surface area contributed by atoms with E-state index in [0.29, 0.717) is 16.6 Å². The van der Waals surface area contributed by atoms with Gasteiger partial charge in [0.2, 0.25) is 0 Å². The maximum absolute atomic E-state index is 5.19. The van der Waals surface area contributed by atoms with E-state index in [-0.39, 0.29) is 0 Å². The molecule has 0 unspecified atom stereocenters. The molecule has 0 aromatic carbocycles. The summed E-state index contributed by atoms with van der Waals surface area (Å²) in [7, 11) is 0. The van der Waals surface area contributed by atoms with Gasteiger partial charge in [-0.15, -0.1) is 0 Å². The fourth-order valence-electron chi connectivity index (χ4n) is 1.77. The average molecular weight is 201 g/mol. The first-order chi connectivity index (χ1) is 6.03. The Bertz CT molecular complexity index is 181. The number of hydrazine groups is 1. The molecule has 0 amide bonds. The smallest absolute Gasteiger partial charge is 0.180 e. The average Bonchev–Trinajstić information content (AvgIpc) is 2.08.